The number of hydrogen-bond donors (Lipinski definition) is 0. The van der Waals surface area contributed by atoms with Crippen molar-refractivity contribution in [3.05, 3.63) is 0 Å². The Morgan fingerprint density at radius 3 is 2.33 bits per heavy atom. The first-order valence-electron chi connectivity index (χ1n) is 0.899. The quantitative estimate of drug-likeness (QED) is 0.302. The summed E-state index contributed by atoms with van der Waals surface area (Å²) in [5.74, 6) is 0. The average Bonchev–Trinajstić information content (AvgIpc) is 1.41. The zero-order valence-electron chi connectivity index (χ0n) is 2.34. The Bertz CT molecular complexity index is 68.4. The molecule has 0 aromatic rings. The van der Waals surface area contributed by atoms with Gasteiger partial charge < -0.3 is 0 Å². The van der Waals surface area contributed by atoms with E-state index in [0.29, 0.717) is 0 Å². The van der Waals surface area contributed by atoms with E-state index in [-0.39, 0.29) is 36.9 Å². The van der Waals surface area contributed by atoms with Gasteiger partial charge in [-0.1, -0.05) is 0 Å². The number of rotatable bonds is 1. The normalized spacial score (nSPS) is 3.17. The molecule has 0 fully saturated rings. The first-order chi connectivity index (χ1) is 2.41. The Morgan fingerprint density at radius 2 is 2.33 bits per heavy atom. The van der Waals surface area contributed by atoms with Crippen molar-refractivity contribution in [3.63, 3.8) is 0 Å². The average molecular weight is 92.8 g/mol. The predicted octanol–water partition coefficient (Wildman–Crippen LogP) is -1.20. The van der Waals surface area contributed by atoms with E-state index in [1.165, 1.54) is 0 Å². The fourth-order valence-electron chi connectivity index (χ4n) is 0.0215. The van der Waals surface area contributed by atoms with Gasteiger partial charge in [0.15, 0.2) is 0 Å². The molecular weight excluding hydrogens is 91.8 g/mol. The SMILES string of the molecule is N#COB=O.[NaH]. The second kappa shape index (κ2) is 8.94. The summed E-state index contributed by atoms with van der Waals surface area (Å²) in [6.07, 6.45) is 1.15. The Balaban J connectivity index is 0. The molecule has 3 nitrogen and oxygen atoms in total. The van der Waals surface area contributed by atoms with Crippen molar-refractivity contribution in [2.24, 2.45) is 0 Å². The third-order valence-corrected chi connectivity index (χ3v) is 0.101. The Labute approximate surface area is 57.9 Å². The van der Waals surface area contributed by atoms with Crippen LogP contribution in [0.2, 0.25) is 0 Å². The molecule has 0 radical (unpaired) electrons. The summed E-state index contributed by atoms with van der Waals surface area (Å²) in [4.78, 5) is 0. The van der Waals surface area contributed by atoms with Crippen LogP contribution in [0.15, 0.2) is 0 Å². The molecule has 0 rings (SSSR count). The van der Waals surface area contributed by atoms with E-state index in [9.17, 15) is 0 Å². The van der Waals surface area contributed by atoms with Crippen molar-refractivity contribution < 1.29 is 9.36 Å². The number of hydrogen-bond acceptors (Lipinski definition) is 3. The third-order valence-electron chi connectivity index (χ3n) is 0.101. The topological polar surface area (TPSA) is 50.1 Å². The van der Waals surface area contributed by atoms with Crippen LogP contribution in [0, 0.1) is 11.5 Å². The van der Waals surface area contributed by atoms with E-state index in [2.05, 4.69) is 4.65 Å². The molecule has 0 N–H and O–H groups in total. The van der Waals surface area contributed by atoms with Crippen LogP contribution < -0.4 is 0 Å². The molecule has 0 aliphatic carbocycles. The van der Waals surface area contributed by atoms with E-state index in [1.54, 1.807) is 0 Å². The van der Waals surface area contributed by atoms with Gasteiger partial charge in [0.25, 0.3) is 0 Å². The summed E-state index contributed by atoms with van der Waals surface area (Å²) < 4.78 is 12.4. The summed E-state index contributed by atoms with van der Waals surface area (Å²) in [5, 5.41) is 7.36. The maximum absolute atomic E-state index is 8.96. The fraction of sp³-hybridized carbons (Fsp3) is 0. The maximum atomic E-state index is 8.96. The van der Waals surface area contributed by atoms with Crippen molar-refractivity contribution in [2.75, 3.05) is 0 Å². The van der Waals surface area contributed by atoms with Crippen LogP contribution in [-0.2, 0) is 9.36 Å². The summed E-state index contributed by atoms with van der Waals surface area (Å²) >= 11 is 0. The van der Waals surface area contributed by atoms with Crippen LogP contribution in [0.4, 0.5) is 0 Å². The van der Waals surface area contributed by atoms with Crippen LogP contribution in [0.5, 0.6) is 0 Å². The van der Waals surface area contributed by atoms with Gasteiger partial charge in [-0.2, -0.15) is 0 Å². The van der Waals surface area contributed by atoms with Gasteiger partial charge in [0, 0.05) is 0 Å². The number of nitriles is 1. The summed E-state index contributed by atoms with van der Waals surface area (Å²) in [6.45, 7) is 0. The van der Waals surface area contributed by atoms with Gasteiger partial charge in [0.1, 0.15) is 0 Å². The molecule has 0 unspecified atom stereocenters. The van der Waals surface area contributed by atoms with E-state index >= 15 is 0 Å². The van der Waals surface area contributed by atoms with Crippen molar-refractivity contribution in [3.8, 4) is 6.26 Å². The van der Waals surface area contributed by atoms with Crippen LogP contribution >= 0.6 is 0 Å². The third kappa shape index (κ3) is 8.91. The molecule has 0 saturated carbocycles. The Morgan fingerprint density at radius 1 is 1.83 bits per heavy atom. The first kappa shape index (κ1) is 9.47. The van der Waals surface area contributed by atoms with Gasteiger partial charge in [-0.05, 0) is 0 Å². The predicted molar refractivity (Wildman–Crippen MR) is 20.3 cm³/mol. The Kier molecular flexibility index (Phi) is 14.1. The number of nitrogens with zero attached hydrogens (tertiary/aromatic N) is 1. The molecular formula is CHBNNaO2. The van der Waals surface area contributed by atoms with Crippen LogP contribution in [-0.4, -0.2) is 36.9 Å². The molecule has 0 amide bonds. The summed E-state index contributed by atoms with van der Waals surface area (Å²) in [6, 6.07) is 0. The van der Waals surface area contributed by atoms with Crippen molar-refractivity contribution in [1.82, 2.24) is 0 Å². The minimum atomic E-state index is 0. The summed E-state index contributed by atoms with van der Waals surface area (Å²) in [5.41, 5.74) is 0. The Hall–Kier alpha value is 0.155. The molecule has 0 saturated heterocycles. The monoisotopic (exact) mass is 93.0 g/mol. The standard InChI is InChI=1S/CBNO2.Na.H/c3-1-5-2-4;;. The van der Waals surface area contributed by atoms with E-state index in [0.717, 1.165) is 6.26 Å². The van der Waals surface area contributed by atoms with Gasteiger partial charge in [0.05, 0.1) is 0 Å². The van der Waals surface area contributed by atoms with Crippen molar-refractivity contribution >= 4 is 36.9 Å². The molecule has 0 aromatic heterocycles. The second-order valence-electron chi connectivity index (χ2n) is 0.305. The molecule has 6 heavy (non-hydrogen) atoms. The second-order valence-corrected chi connectivity index (χ2v) is 0.305. The molecule has 0 spiro atoms. The van der Waals surface area contributed by atoms with Crippen molar-refractivity contribution in [1.29, 1.82) is 5.26 Å². The minimum absolute atomic E-state index is 0. The van der Waals surface area contributed by atoms with Crippen LogP contribution in [0.3, 0.4) is 0 Å². The van der Waals surface area contributed by atoms with Gasteiger partial charge in [-0.15, -0.1) is 0 Å². The zero-order valence-corrected chi connectivity index (χ0v) is 2.34. The summed E-state index contributed by atoms with van der Waals surface area (Å²) in [7, 11) is 0.0694. The van der Waals surface area contributed by atoms with Gasteiger partial charge in [-0.3, -0.25) is 0 Å². The van der Waals surface area contributed by atoms with E-state index in [1.807, 2.05) is 0 Å². The molecule has 0 heterocycles. The van der Waals surface area contributed by atoms with Crippen LogP contribution in [0.25, 0.3) is 0 Å². The molecule has 26 valence electrons. The molecule has 0 atom stereocenters. The molecule has 0 aliphatic rings. The van der Waals surface area contributed by atoms with E-state index in [4.69, 9.17) is 9.97 Å². The fourth-order valence-corrected chi connectivity index (χ4v) is 0.0215. The molecule has 0 bridgehead atoms. The molecule has 5 heteroatoms. The molecule has 0 aromatic carbocycles. The van der Waals surface area contributed by atoms with Crippen molar-refractivity contribution in [2.45, 2.75) is 0 Å². The first-order valence-corrected chi connectivity index (χ1v) is 0.899. The van der Waals surface area contributed by atoms with Gasteiger partial charge in [-0.25, -0.2) is 0 Å². The van der Waals surface area contributed by atoms with E-state index < -0.39 is 0 Å². The zero-order chi connectivity index (χ0) is 4.12. The van der Waals surface area contributed by atoms with Gasteiger partial charge in [0.2, 0.25) is 0 Å². The van der Waals surface area contributed by atoms with Crippen LogP contribution in [0.1, 0.15) is 0 Å². The van der Waals surface area contributed by atoms with Gasteiger partial charge >= 0.3 is 57.8 Å². The molecule has 0 aliphatic heterocycles.